The SMILES string of the molecule is CCSc1ccccc1C(=O)O[C@H](C)C(N)=O. The van der Waals surface area contributed by atoms with E-state index in [0.29, 0.717) is 5.56 Å². The summed E-state index contributed by atoms with van der Waals surface area (Å²) in [6.07, 6.45) is -0.915. The number of ether oxygens (including phenoxy) is 1. The number of nitrogens with two attached hydrogens (primary N) is 1. The molecular formula is C12H15NO3S. The van der Waals surface area contributed by atoms with Crippen molar-refractivity contribution in [2.45, 2.75) is 24.8 Å². The van der Waals surface area contributed by atoms with Gasteiger partial charge < -0.3 is 10.5 Å². The van der Waals surface area contributed by atoms with E-state index in [0.717, 1.165) is 10.6 Å². The van der Waals surface area contributed by atoms with Crippen molar-refractivity contribution in [2.24, 2.45) is 5.73 Å². The van der Waals surface area contributed by atoms with Crippen LogP contribution in [0.5, 0.6) is 0 Å². The summed E-state index contributed by atoms with van der Waals surface area (Å²) in [6, 6.07) is 7.13. The molecule has 1 atom stereocenters. The standard InChI is InChI=1S/C12H15NO3S/c1-3-17-10-7-5-4-6-9(10)12(15)16-8(2)11(13)14/h4-8H,3H2,1-2H3,(H2,13,14)/t8-/m1/s1. The van der Waals surface area contributed by atoms with Crippen LogP contribution in [0.4, 0.5) is 0 Å². The van der Waals surface area contributed by atoms with Crippen molar-refractivity contribution in [3.63, 3.8) is 0 Å². The van der Waals surface area contributed by atoms with E-state index in [9.17, 15) is 9.59 Å². The maximum absolute atomic E-state index is 11.8. The Bertz CT molecular complexity index is 420. The molecule has 0 aliphatic rings. The predicted octanol–water partition coefficient (Wildman–Crippen LogP) is 1.83. The number of rotatable bonds is 5. The lowest BCUT2D eigenvalue weighted by atomic mass is 10.2. The zero-order valence-corrected chi connectivity index (χ0v) is 10.6. The summed E-state index contributed by atoms with van der Waals surface area (Å²) in [5, 5.41) is 0. The highest BCUT2D eigenvalue weighted by atomic mass is 32.2. The van der Waals surface area contributed by atoms with E-state index in [1.54, 1.807) is 23.9 Å². The fourth-order valence-corrected chi connectivity index (χ4v) is 1.99. The number of carbonyl (C=O) groups is 2. The Morgan fingerprint density at radius 3 is 2.65 bits per heavy atom. The number of amides is 1. The lowest BCUT2D eigenvalue weighted by molar-refractivity contribution is -0.125. The van der Waals surface area contributed by atoms with Crippen LogP contribution in [0.1, 0.15) is 24.2 Å². The Hall–Kier alpha value is -1.49. The van der Waals surface area contributed by atoms with E-state index in [2.05, 4.69) is 0 Å². The van der Waals surface area contributed by atoms with Crippen molar-refractivity contribution < 1.29 is 14.3 Å². The molecule has 1 rings (SSSR count). The Balaban J connectivity index is 2.84. The number of benzene rings is 1. The lowest BCUT2D eigenvalue weighted by Gasteiger charge is -2.11. The molecular weight excluding hydrogens is 238 g/mol. The average Bonchev–Trinajstić information content (AvgIpc) is 2.29. The molecule has 4 nitrogen and oxygen atoms in total. The fourth-order valence-electron chi connectivity index (χ4n) is 1.20. The van der Waals surface area contributed by atoms with E-state index >= 15 is 0 Å². The van der Waals surface area contributed by atoms with Crippen LogP contribution in [0.2, 0.25) is 0 Å². The molecule has 17 heavy (non-hydrogen) atoms. The summed E-state index contributed by atoms with van der Waals surface area (Å²) < 4.78 is 4.96. The fraction of sp³-hybridized carbons (Fsp3) is 0.333. The molecule has 0 aromatic heterocycles. The van der Waals surface area contributed by atoms with E-state index in [4.69, 9.17) is 10.5 Å². The van der Waals surface area contributed by atoms with Crippen molar-refractivity contribution in [3.05, 3.63) is 29.8 Å². The smallest absolute Gasteiger partial charge is 0.340 e. The highest BCUT2D eigenvalue weighted by molar-refractivity contribution is 7.99. The van der Waals surface area contributed by atoms with Crippen molar-refractivity contribution >= 4 is 23.6 Å². The number of carbonyl (C=O) groups excluding carboxylic acids is 2. The maximum atomic E-state index is 11.8. The number of hydrogen-bond acceptors (Lipinski definition) is 4. The molecule has 0 heterocycles. The van der Waals surface area contributed by atoms with Gasteiger partial charge in [0.15, 0.2) is 6.10 Å². The van der Waals surface area contributed by atoms with Crippen LogP contribution in [0.25, 0.3) is 0 Å². The first-order valence-electron chi connectivity index (χ1n) is 5.28. The van der Waals surface area contributed by atoms with Gasteiger partial charge >= 0.3 is 5.97 Å². The Labute approximate surface area is 105 Å². The average molecular weight is 253 g/mol. The third kappa shape index (κ3) is 3.78. The summed E-state index contributed by atoms with van der Waals surface area (Å²) in [7, 11) is 0. The second-order valence-electron chi connectivity index (χ2n) is 3.38. The Morgan fingerprint density at radius 2 is 2.06 bits per heavy atom. The molecule has 0 aliphatic heterocycles. The van der Waals surface area contributed by atoms with Gasteiger partial charge in [0, 0.05) is 4.90 Å². The van der Waals surface area contributed by atoms with E-state index < -0.39 is 18.0 Å². The molecule has 0 radical (unpaired) electrons. The van der Waals surface area contributed by atoms with Gasteiger partial charge in [0.25, 0.3) is 5.91 Å². The molecule has 0 spiro atoms. The molecule has 1 amide bonds. The molecule has 0 fully saturated rings. The van der Waals surface area contributed by atoms with Crippen LogP contribution in [0.15, 0.2) is 29.2 Å². The third-order valence-corrected chi connectivity index (χ3v) is 3.05. The number of primary amides is 1. The second kappa shape index (κ2) is 6.30. The molecule has 5 heteroatoms. The van der Waals surface area contributed by atoms with Crippen LogP contribution >= 0.6 is 11.8 Å². The normalized spacial score (nSPS) is 11.9. The summed E-state index contributed by atoms with van der Waals surface area (Å²) in [5.41, 5.74) is 5.50. The summed E-state index contributed by atoms with van der Waals surface area (Å²) in [5.74, 6) is -0.317. The van der Waals surface area contributed by atoms with Crippen LogP contribution in [0.3, 0.4) is 0 Å². The largest absolute Gasteiger partial charge is 0.449 e. The van der Waals surface area contributed by atoms with Gasteiger partial charge in [-0.2, -0.15) is 0 Å². The van der Waals surface area contributed by atoms with Gasteiger partial charge in [-0.25, -0.2) is 4.79 Å². The summed E-state index contributed by atoms with van der Waals surface area (Å²) in [6.45, 7) is 3.45. The first-order chi connectivity index (χ1) is 8.06. The molecule has 0 saturated carbocycles. The summed E-state index contributed by atoms with van der Waals surface area (Å²) >= 11 is 1.55. The van der Waals surface area contributed by atoms with E-state index in [-0.39, 0.29) is 0 Å². The lowest BCUT2D eigenvalue weighted by Crippen LogP contribution is -2.30. The molecule has 1 aromatic rings. The van der Waals surface area contributed by atoms with Crippen molar-refractivity contribution in [2.75, 3.05) is 5.75 Å². The first-order valence-corrected chi connectivity index (χ1v) is 6.27. The molecule has 0 saturated heterocycles. The highest BCUT2D eigenvalue weighted by Gasteiger charge is 2.18. The van der Waals surface area contributed by atoms with E-state index in [1.807, 2.05) is 19.1 Å². The van der Waals surface area contributed by atoms with Gasteiger partial charge in [-0.1, -0.05) is 19.1 Å². The summed E-state index contributed by atoms with van der Waals surface area (Å²) in [4.78, 5) is 23.5. The zero-order chi connectivity index (χ0) is 12.8. The number of hydrogen-bond donors (Lipinski definition) is 1. The van der Waals surface area contributed by atoms with Crippen LogP contribution < -0.4 is 5.73 Å². The molecule has 1 aromatic carbocycles. The van der Waals surface area contributed by atoms with Crippen LogP contribution in [-0.4, -0.2) is 23.7 Å². The molecule has 2 N–H and O–H groups in total. The second-order valence-corrected chi connectivity index (χ2v) is 4.68. The molecule has 92 valence electrons. The van der Waals surface area contributed by atoms with Crippen molar-refractivity contribution in [1.29, 1.82) is 0 Å². The van der Waals surface area contributed by atoms with Gasteiger partial charge in [-0.15, -0.1) is 11.8 Å². The first kappa shape index (κ1) is 13.6. The van der Waals surface area contributed by atoms with Crippen LogP contribution in [-0.2, 0) is 9.53 Å². The maximum Gasteiger partial charge on any atom is 0.340 e. The van der Waals surface area contributed by atoms with Crippen molar-refractivity contribution in [3.8, 4) is 0 Å². The van der Waals surface area contributed by atoms with Gasteiger partial charge in [0.05, 0.1) is 5.56 Å². The molecule has 0 bridgehead atoms. The van der Waals surface area contributed by atoms with Crippen LogP contribution in [0, 0.1) is 0 Å². The zero-order valence-electron chi connectivity index (χ0n) is 9.80. The quantitative estimate of drug-likeness (QED) is 0.642. The number of thioether (sulfide) groups is 1. The van der Waals surface area contributed by atoms with Gasteiger partial charge in [0.1, 0.15) is 0 Å². The minimum atomic E-state index is -0.915. The van der Waals surface area contributed by atoms with Gasteiger partial charge in [0.2, 0.25) is 0 Å². The minimum Gasteiger partial charge on any atom is -0.449 e. The monoisotopic (exact) mass is 253 g/mol. The van der Waals surface area contributed by atoms with Gasteiger partial charge in [-0.05, 0) is 24.8 Å². The molecule has 0 unspecified atom stereocenters. The Kier molecular flexibility index (Phi) is 5.03. The minimum absolute atomic E-state index is 0.465. The van der Waals surface area contributed by atoms with E-state index in [1.165, 1.54) is 6.92 Å². The number of esters is 1. The Morgan fingerprint density at radius 1 is 1.41 bits per heavy atom. The topological polar surface area (TPSA) is 69.4 Å². The van der Waals surface area contributed by atoms with Crippen molar-refractivity contribution in [1.82, 2.24) is 0 Å². The van der Waals surface area contributed by atoms with Gasteiger partial charge in [-0.3, -0.25) is 4.79 Å². The predicted molar refractivity (Wildman–Crippen MR) is 66.9 cm³/mol. The molecule has 0 aliphatic carbocycles. The third-order valence-electron chi connectivity index (χ3n) is 2.09. The highest BCUT2D eigenvalue weighted by Crippen LogP contribution is 2.23.